The van der Waals surface area contributed by atoms with Crippen molar-refractivity contribution in [3.8, 4) is 11.4 Å². The number of carbonyl (C=O) groups is 1. The van der Waals surface area contributed by atoms with Gasteiger partial charge >= 0.3 is 0 Å². The SMILES string of the molecule is C[C@H]1C[C@@H](C(=O)Nc2cccc(-c3n[nH]c(C4CC4)n3)c2)CCN1.Cl. The van der Waals surface area contributed by atoms with Gasteiger partial charge in [-0.1, -0.05) is 12.1 Å². The summed E-state index contributed by atoms with van der Waals surface area (Å²) in [4.78, 5) is 17.1. The third kappa shape index (κ3) is 4.19. The summed E-state index contributed by atoms with van der Waals surface area (Å²) in [5.41, 5.74) is 1.73. The van der Waals surface area contributed by atoms with Crippen LogP contribution in [0.15, 0.2) is 24.3 Å². The Morgan fingerprint density at radius 1 is 1.28 bits per heavy atom. The van der Waals surface area contributed by atoms with Crippen molar-refractivity contribution in [1.82, 2.24) is 20.5 Å². The zero-order chi connectivity index (χ0) is 16.5. The number of hydrogen-bond acceptors (Lipinski definition) is 4. The summed E-state index contributed by atoms with van der Waals surface area (Å²) in [6.45, 7) is 3.03. The molecule has 1 aliphatic carbocycles. The number of aromatic nitrogens is 3. The molecule has 1 amide bonds. The number of amides is 1. The van der Waals surface area contributed by atoms with Gasteiger partial charge in [0.05, 0.1) is 0 Å². The first-order chi connectivity index (χ1) is 11.7. The summed E-state index contributed by atoms with van der Waals surface area (Å²) in [6, 6.07) is 8.17. The number of anilines is 1. The molecular formula is C18H24ClN5O. The highest BCUT2D eigenvalue weighted by atomic mass is 35.5. The first-order valence-corrected chi connectivity index (χ1v) is 8.76. The standard InChI is InChI=1S/C18H23N5O.ClH/c1-11-9-14(7-8-19-11)18(24)20-15-4-2-3-13(10-15)17-21-16(22-23-17)12-5-6-12;/h2-4,10-12,14,19H,5-9H2,1H3,(H,20,24)(H,21,22,23);1H/t11-,14-;/m0./s1. The van der Waals surface area contributed by atoms with Crippen molar-refractivity contribution in [3.63, 3.8) is 0 Å². The van der Waals surface area contributed by atoms with Gasteiger partial charge in [-0.05, 0) is 51.3 Å². The minimum Gasteiger partial charge on any atom is -0.326 e. The molecule has 0 unspecified atom stereocenters. The van der Waals surface area contributed by atoms with E-state index in [-0.39, 0.29) is 24.2 Å². The van der Waals surface area contributed by atoms with Crippen molar-refractivity contribution in [3.05, 3.63) is 30.1 Å². The summed E-state index contributed by atoms with van der Waals surface area (Å²) in [7, 11) is 0. The predicted octanol–water partition coefficient (Wildman–Crippen LogP) is 3.10. The van der Waals surface area contributed by atoms with Gasteiger partial charge in [0.1, 0.15) is 5.82 Å². The molecule has 1 saturated carbocycles. The minimum atomic E-state index is 0. The summed E-state index contributed by atoms with van der Waals surface area (Å²) in [5, 5.41) is 13.8. The van der Waals surface area contributed by atoms with Crippen LogP contribution in [-0.4, -0.2) is 33.7 Å². The minimum absolute atomic E-state index is 0. The van der Waals surface area contributed by atoms with Gasteiger partial charge in [0.15, 0.2) is 5.82 Å². The van der Waals surface area contributed by atoms with E-state index in [1.807, 2.05) is 24.3 Å². The van der Waals surface area contributed by atoms with Crippen LogP contribution in [0.2, 0.25) is 0 Å². The Morgan fingerprint density at radius 3 is 2.88 bits per heavy atom. The molecule has 134 valence electrons. The lowest BCUT2D eigenvalue weighted by molar-refractivity contribution is -0.120. The van der Waals surface area contributed by atoms with Crippen LogP contribution in [0.1, 0.15) is 44.3 Å². The van der Waals surface area contributed by atoms with Crippen molar-refractivity contribution < 1.29 is 4.79 Å². The number of carbonyl (C=O) groups excluding carboxylic acids is 1. The van der Waals surface area contributed by atoms with Crippen molar-refractivity contribution in [2.45, 2.75) is 44.6 Å². The van der Waals surface area contributed by atoms with Gasteiger partial charge in [-0.15, -0.1) is 12.4 Å². The molecule has 25 heavy (non-hydrogen) atoms. The molecule has 2 heterocycles. The highest BCUT2D eigenvalue weighted by Crippen LogP contribution is 2.38. The van der Waals surface area contributed by atoms with Gasteiger partial charge in [0.2, 0.25) is 5.91 Å². The van der Waals surface area contributed by atoms with Gasteiger partial charge in [-0.2, -0.15) is 5.10 Å². The Bertz CT molecular complexity index is 743. The van der Waals surface area contributed by atoms with E-state index >= 15 is 0 Å². The molecular weight excluding hydrogens is 338 g/mol. The summed E-state index contributed by atoms with van der Waals surface area (Å²) >= 11 is 0. The molecule has 1 aromatic heterocycles. The van der Waals surface area contributed by atoms with E-state index in [4.69, 9.17) is 0 Å². The number of nitrogens with one attached hydrogen (secondary N) is 3. The van der Waals surface area contributed by atoms with Gasteiger partial charge in [-0.3, -0.25) is 9.89 Å². The molecule has 0 radical (unpaired) electrons. The first-order valence-electron chi connectivity index (χ1n) is 8.76. The third-order valence-corrected chi connectivity index (χ3v) is 4.85. The van der Waals surface area contributed by atoms with Crippen LogP contribution in [-0.2, 0) is 4.79 Å². The fraction of sp³-hybridized carbons (Fsp3) is 0.500. The Labute approximate surface area is 153 Å². The number of piperidine rings is 1. The fourth-order valence-corrected chi connectivity index (χ4v) is 3.29. The molecule has 2 atom stereocenters. The van der Waals surface area contributed by atoms with Crippen molar-refractivity contribution >= 4 is 24.0 Å². The zero-order valence-electron chi connectivity index (χ0n) is 14.3. The smallest absolute Gasteiger partial charge is 0.227 e. The van der Waals surface area contributed by atoms with E-state index in [0.717, 1.165) is 36.5 Å². The van der Waals surface area contributed by atoms with E-state index in [0.29, 0.717) is 17.8 Å². The lowest BCUT2D eigenvalue weighted by atomic mass is 9.92. The molecule has 0 spiro atoms. The molecule has 2 aromatic rings. The Hall–Kier alpha value is -1.92. The Balaban J connectivity index is 0.00000182. The highest BCUT2D eigenvalue weighted by molar-refractivity contribution is 5.93. The largest absolute Gasteiger partial charge is 0.326 e. The second kappa shape index (κ2) is 7.54. The molecule has 2 aliphatic rings. The van der Waals surface area contributed by atoms with Gasteiger partial charge in [0.25, 0.3) is 0 Å². The molecule has 1 saturated heterocycles. The van der Waals surface area contributed by atoms with Crippen molar-refractivity contribution in [1.29, 1.82) is 0 Å². The second-order valence-electron chi connectivity index (χ2n) is 6.97. The van der Waals surface area contributed by atoms with E-state index < -0.39 is 0 Å². The maximum Gasteiger partial charge on any atom is 0.227 e. The summed E-state index contributed by atoms with van der Waals surface area (Å²) in [6.07, 6.45) is 4.16. The van der Waals surface area contributed by atoms with Gasteiger partial charge in [0, 0.05) is 29.1 Å². The molecule has 4 rings (SSSR count). The third-order valence-electron chi connectivity index (χ3n) is 4.85. The van der Waals surface area contributed by atoms with E-state index in [2.05, 4.69) is 32.7 Å². The second-order valence-corrected chi connectivity index (χ2v) is 6.97. The van der Waals surface area contributed by atoms with Crippen LogP contribution in [0.4, 0.5) is 5.69 Å². The van der Waals surface area contributed by atoms with Gasteiger partial charge < -0.3 is 10.6 Å². The van der Waals surface area contributed by atoms with Crippen LogP contribution in [0, 0.1) is 5.92 Å². The van der Waals surface area contributed by atoms with Crippen molar-refractivity contribution in [2.24, 2.45) is 5.92 Å². The van der Waals surface area contributed by atoms with Crippen molar-refractivity contribution in [2.75, 3.05) is 11.9 Å². The van der Waals surface area contributed by atoms with E-state index in [9.17, 15) is 4.79 Å². The number of hydrogen-bond donors (Lipinski definition) is 3. The monoisotopic (exact) mass is 361 g/mol. The summed E-state index contributed by atoms with van der Waals surface area (Å²) in [5.74, 6) is 2.41. The summed E-state index contributed by atoms with van der Waals surface area (Å²) < 4.78 is 0. The number of rotatable bonds is 4. The van der Waals surface area contributed by atoms with Crippen LogP contribution >= 0.6 is 12.4 Å². The number of nitrogens with zero attached hydrogens (tertiary/aromatic N) is 2. The molecule has 1 aromatic carbocycles. The number of H-pyrrole nitrogens is 1. The maximum absolute atomic E-state index is 12.5. The van der Waals surface area contributed by atoms with Crippen LogP contribution in [0.5, 0.6) is 0 Å². The Kier molecular flexibility index (Phi) is 5.39. The molecule has 1 aliphatic heterocycles. The molecule has 6 nitrogen and oxygen atoms in total. The Morgan fingerprint density at radius 2 is 2.12 bits per heavy atom. The van der Waals surface area contributed by atoms with E-state index in [1.54, 1.807) is 0 Å². The van der Waals surface area contributed by atoms with Crippen LogP contribution < -0.4 is 10.6 Å². The molecule has 3 N–H and O–H groups in total. The quantitative estimate of drug-likeness (QED) is 0.781. The topological polar surface area (TPSA) is 82.7 Å². The van der Waals surface area contributed by atoms with E-state index in [1.165, 1.54) is 12.8 Å². The molecule has 7 heteroatoms. The lowest BCUT2D eigenvalue weighted by Gasteiger charge is -2.27. The average molecular weight is 362 g/mol. The first kappa shape index (κ1) is 17.9. The average Bonchev–Trinajstić information content (AvgIpc) is 3.32. The fourth-order valence-electron chi connectivity index (χ4n) is 3.29. The number of benzene rings is 1. The molecule has 0 bridgehead atoms. The maximum atomic E-state index is 12.5. The van der Waals surface area contributed by atoms with Gasteiger partial charge in [-0.25, -0.2) is 4.98 Å². The number of halogens is 1. The lowest BCUT2D eigenvalue weighted by Crippen LogP contribution is -2.40. The zero-order valence-corrected chi connectivity index (χ0v) is 15.1. The number of aromatic amines is 1. The van der Waals surface area contributed by atoms with Crippen LogP contribution in [0.3, 0.4) is 0 Å². The van der Waals surface area contributed by atoms with Crippen LogP contribution in [0.25, 0.3) is 11.4 Å². The normalized spacial score (nSPS) is 22.9. The predicted molar refractivity (Wildman–Crippen MR) is 99.9 cm³/mol. The highest BCUT2D eigenvalue weighted by Gasteiger charge is 2.27. The molecule has 2 fully saturated rings.